The van der Waals surface area contributed by atoms with Crippen LogP contribution in [-0.4, -0.2) is 0 Å². The fourth-order valence-corrected chi connectivity index (χ4v) is 8.41. The molecule has 45 heavy (non-hydrogen) atoms. The minimum atomic E-state index is -0.121. The smallest absolute Gasteiger partial charge is 0.0159 e. The standard InChI is InChI=1S/C45H30/c1-45(2)40-25-30(29-19-18-27-10-3-4-11-28(27)24-29)20-22-34(40)35-23-21-31(26-41(35)45)42-36-14-7-5-12-32(36)37-16-9-17-38-33-13-6-8-15-39(33)44(42)43(37)38/h3-26H,1-2H3. The highest BCUT2D eigenvalue weighted by molar-refractivity contribution is 6.29. The highest BCUT2D eigenvalue weighted by Gasteiger charge is 2.36. The number of rotatable bonds is 2. The van der Waals surface area contributed by atoms with E-state index < -0.39 is 0 Å². The van der Waals surface area contributed by atoms with Crippen LogP contribution in [0.5, 0.6) is 0 Å². The summed E-state index contributed by atoms with van der Waals surface area (Å²) in [5.74, 6) is 0. The number of fused-ring (bicyclic) bond motifs is 9. The molecule has 2 aliphatic rings. The van der Waals surface area contributed by atoms with Gasteiger partial charge in [0, 0.05) is 5.41 Å². The van der Waals surface area contributed by atoms with Gasteiger partial charge in [-0.2, -0.15) is 0 Å². The molecule has 2 aliphatic carbocycles. The number of hydrogen-bond acceptors (Lipinski definition) is 0. The summed E-state index contributed by atoms with van der Waals surface area (Å²) in [6.45, 7) is 4.80. The van der Waals surface area contributed by atoms with Gasteiger partial charge in [-0.3, -0.25) is 0 Å². The van der Waals surface area contributed by atoms with Crippen LogP contribution in [0.25, 0.3) is 88.0 Å². The fourth-order valence-electron chi connectivity index (χ4n) is 8.41. The fraction of sp³-hybridized carbons (Fsp3) is 0.0667. The molecule has 0 saturated carbocycles. The summed E-state index contributed by atoms with van der Waals surface area (Å²) in [4.78, 5) is 0. The van der Waals surface area contributed by atoms with Crippen molar-refractivity contribution in [3.8, 4) is 55.6 Å². The normalized spacial score (nSPS) is 13.7. The molecule has 0 N–H and O–H groups in total. The van der Waals surface area contributed by atoms with Gasteiger partial charge in [-0.1, -0.05) is 141 Å². The Kier molecular flexibility index (Phi) is 4.88. The molecule has 0 unspecified atom stereocenters. The zero-order valence-electron chi connectivity index (χ0n) is 25.4. The van der Waals surface area contributed by atoms with E-state index >= 15 is 0 Å². The van der Waals surface area contributed by atoms with E-state index in [-0.39, 0.29) is 5.41 Å². The molecule has 0 bridgehead atoms. The zero-order chi connectivity index (χ0) is 29.9. The van der Waals surface area contributed by atoms with Gasteiger partial charge in [0.05, 0.1) is 0 Å². The van der Waals surface area contributed by atoms with Crippen molar-refractivity contribution in [3.63, 3.8) is 0 Å². The van der Waals surface area contributed by atoms with Crippen molar-refractivity contribution in [1.29, 1.82) is 0 Å². The molecule has 10 rings (SSSR count). The monoisotopic (exact) mass is 570 g/mol. The minimum absolute atomic E-state index is 0.121. The molecule has 0 saturated heterocycles. The van der Waals surface area contributed by atoms with Crippen molar-refractivity contribution in [3.05, 3.63) is 157 Å². The van der Waals surface area contributed by atoms with Gasteiger partial charge in [0.2, 0.25) is 0 Å². The third kappa shape index (κ3) is 3.32. The van der Waals surface area contributed by atoms with Crippen molar-refractivity contribution < 1.29 is 0 Å². The maximum absolute atomic E-state index is 2.50. The van der Waals surface area contributed by atoms with Crippen molar-refractivity contribution >= 4 is 32.3 Å². The molecule has 210 valence electrons. The average molecular weight is 571 g/mol. The maximum Gasteiger partial charge on any atom is 0.0159 e. The summed E-state index contributed by atoms with van der Waals surface area (Å²) in [6.07, 6.45) is 0. The van der Waals surface area contributed by atoms with Gasteiger partial charge < -0.3 is 0 Å². The number of hydrogen-bond donors (Lipinski definition) is 0. The van der Waals surface area contributed by atoms with Crippen LogP contribution in [0.3, 0.4) is 0 Å². The molecule has 0 aromatic heterocycles. The van der Waals surface area contributed by atoms with Gasteiger partial charge in [-0.25, -0.2) is 0 Å². The lowest BCUT2D eigenvalue weighted by atomic mass is 9.80. The Labute approximate surface area is 263 Å². The van der Waals surface area contributed by atoms with Gasteiger partial charge in [0.15, 0.2) is 0 Å². The number of benzene rings is 8. The Morgan fingerprint density at radius 3 is 1.76 bits per heavy atom. The molecule has 8 aromatic carbocycles. The van der Waals surface area contributed by atoms with Gasteiger partial charge in [-0.15, -0.1) is 0 Å². The Hall–Kier alpha value is -5.46. The SMILES string of the molecule is CC1(C)c2cc(-c3ccc4ccccc4c3)ccc2-c2ccc(-c3c4c5c(cccc5c5ccccc35)-c3ccccc3-4)cc21. The third-order valence-corrected chi connectivity index (χ3v) is 10.6. The third-order valence-electron chi connectivity index (χ3n) is 10.6. The van der Waals surface area contributed by atoms with E-state index in [9.17, 15) is 0 Å². The first-order valence-corrected chi connectivity index (χ1v) is 15.9. The first-order chi connectivity index (χ1) is 22.1. The molecule has 0 heterocycles. The molecular weight excluding hydrogens is 540 g/mol. The molecule has 8 aromatic rings. The molecular formula is C45H30. The zero-order valence-corrected chi connectivity index (χ0v) is 25.4. The van der Waals surface area contributed by atoms with E-state index in [2.05, 4.69) is 159 Å². The maximum atomic E-state index is 2.50. The van der Waals surface area contributed by atoms with Crippen LogP contribution in [0.15, 0.2) is 146 Å². The first kappa shape index (κ1) is 24.9. The molecule has 0 aliphatic heterocycles. The summed E-state index contributed by atoms with van der Waals surface area (Å²) in [5, 5.41) is 7.93. The average Bonchev–Trinajstić information content (AvgIpc) is 3.54. The largest absolute Gasteiger partial charge is 0.0616 e. The van der Waals surface area contributed by atoms with E-state index in [1.165, 1.54) is 99.1 Å². The van der Waals surface area contributed by atoms with Crippen LogP contribution in [0.1, 0.15) is 25.0 Å². The van der Waals surface area contributed by atoms with Gasteiger partial charge >= 0.3 is 0 Å². The lowest BCUT2D eigenvalue weighted by Crippen LogP contribution is -2.15. The first-order valence-electron chi connectivity index (χ1n) is 15.9. The second kappa shape index (κ2) is 8.80. The Morgan fingerprint density at radius 2 is 0.933 bits per heavy atom. The minimum Gasteiger partial charge on any atom is -0.0616 e. The second-order valence-corrected chi connectivity index (χ2v) is 13.3. The van der Waals surface area contributed by atoms with E-state index in [4.69, 9.17) is 0 Å². The van der Waals surface area contributed by atoms with Crippen LogP contribution in [0.4, 0.5) is 0 Å². The van der Waals surface area contributed by atoms with E-state index in [0.717, 1.165) is 0 Å². The summed E-state index contributed by atoms with van der Waals surface area (Å²) in [5.41, 5.74) is 16.0. The molecule has 0 amide bonds. The second-order valence-electron chi connectivity index (χ2n) is 13.3. The summed E-state index contributed by atoms with van der Waals surface area (Å²) < 4.78 is 0. The van der Waals surface area contributed by atoms with Crippen molar-refractivity contribution in [1.82, 2.24) is 0 Å². The Balaban J connectivity index is 1.19. The molecule has 0 atom stereocenters. The highest BCUT2D eigenvalue weighted by atomic mass is 14.4. The predicted octanol–water partition coefficient (Wildman–Crippen LogP) is 12.4. The van der Waals surface area contributed by atoms with Crippen LogP contribution >= 0.6 is 0 Å². The summed E-state index contributed by atoms with van der Waals surface area (Å²) in [7, 11) is 0. The van der Waals surface area contributed by atoms with Crippen LogP contribution < -0.4 is 0 Å². The van der Waals surface area contributed by atoms with Gasteiger partial charge in [0.1, 0.15) is 0 Å². The summed E-state index contributed by atoms with van der Waals surface area (Å²) in [6, 6.07) is 54.5. The summed E-state index contributed by atoms with van der Waals surface area (Å²) >= 11 is 0. The molecule has 0 heteroatoms. The highest BCUT2D eigenvalue weighted by Crippen LogP contribution is 2.56. The van der Waals surface area contributed by atoms with Crippen LogP contribution in [-0.2, 0) is 5.41 Å². The predicted molar refractivity (Wildman–Crippen MR) is 192 cm³/mol. The Morgan fingerprint density at radius 1 is 0.356 bits per heavy atom. The molecule has 0 spiro atoms. The van der Waals surface area contributed by atoms with E-state index in [1.54, 1.807) is 0 Å². The van der Waals surface area contributed by atoms with Gasteiger partial charge in [-0.05, 0) is 117 Å². The lowest BCUT2D eigenvalue weighted by Gasteiger charge is -2.23. The van der Waals surface area contributed by atoms with Gasteiger partial charge in [0.25, 0.3) is 0 Å². The molecule has 0 radical (unpaired) electrons. The van der Waals surface area contributed by atoms with Crippen molar-refractivity contribution in [2.24, 2.45) is 0 Å². The molecule has 0 fully saturated rings. The Bertz CT molecular complexity index is 2560. The van der Waals surface area contributed by atoms with Crippen LogP contribution in [0, 0.1) is 0 Å². The van der Waals surface area contributed by atoms with Crippen LogP contribution in [0.2, 0.25) is 0 Å². The quantitative estimate of drug-likeness (QED) is 0.181. The van der Waals surface area contributed by atoms with E-state index in [1.807, 2.05) is 0 Å². The van der Waals surface area contributed by atoms with E-state index in [0.29, 0.717) is 0 Å². The van der Waals surface area contributed by atoms with Crippen molar-refractivity contribution in [2.45, 2.75) is 19.3 Å². The lowest BCUT2D eigenvalue weighted by molar-refractivity contribution is 0.661. The van der Waals surface area contributed by atoms with Crippen molar-refractivity contribution in [2.75, 3.05) is 0 Å². The molecule has 0 nitrogen and oxygen atoms in total. The topological polar surface area (TPSA) is 0 Å².